The number of aromatic nitrogens is 2. The first-order valence-electron chi connectivity index (χ1n) is 18.7. The number of amides is 2. The summed E-state index contributed by atoms with van der Waals surface area (Å²) in [5, 5.41) is 13.3. The van der Waals surface area contributed by atoms with E-state index in [-0.39, 0.29) is 41.3 Å². The summed E-state index contributed by atoms with van der Waals surface area (Å²) in [6.07, 6.45) is 1.28. The molecule has 0 spiro atoms. The molecular weight excluding hydrogens is 720 g/mol. The first-order chi connectivity index (χ1) is 26.9. The van der Waals surface area contributed by atoms with Crippen molar-refractivity contribution in [2.75, 3.05) is 63.1 Å². The van der Waals surface area contributed by atoms with Gasteiger partial charge in [-0.1, -0.05) is 27.7 Å². The van der Waals surface area contributed by atoms with Gasteiger partial charge in [-0.15, -0.1) is 0 Å². The second-order valence-corrected chi connectivity index (χ2v) is 12.9. The number of ketones is 1. The lowest BCUT2D eigenvalue weighted by atomic mass is 10.1. The third-order valence-electron chi connectivity index (χ3n) is 8.99. The van der Waals surface area contributed by atoms with Crippen molar-refractivity contribution < 1.29 is 33.4 Å². The zero-order valence-corrected chi connectivity index (χ0v) is 32.5. The Morgan fingerprint density at radius 2 is 1.23 bits per heavy atom. The Morgan fingerprint density at radius 1 is 0.679 bits per heavy atom. The van der Waals surface area contributed by atoms with Crippen LogP contribution in [0.15, 0.2) is 75.7 Å². The third kappa shape index (κ3) is 12.5. The number of hydrogen-bond acceptors (Lipinski definition) is 12. The molecule has 2 amide bonds. The van der Waals surface area contributed by atoms with Crippen LogP contribution in [0.4, 0.5) is 17.1 Å². The summed E-state index contributed by atoms with van der Waals surface area (Å²) < 4.78 is 11.0. The molecule has 0 saturated heterocycles. The van der Waals surface area contributed by atoms with Crippen LogP contribution in [0.3, 0.4) is 0 Å². The van der Waals surface area contributed by atoms with Crippen LogP contribution in [-0.2, 0) is 19.1 Å². The Kier molecular flexibility index (Phi) is 16.2. The van der Waals surface area contributed by atoms with Crippen molar-refractivity contribution in [1.82, 2.24) is 19.8 Å². The number of carbonyl (C=O) groups excluding carboxylic acids is 5. The highest BCUT2D eigenvalue weighted by Gasteiger charge is 2.24. The lowest BCUT2D eigenvalue weighted by Crippen LogP contribution is -2.31. The number of carbonyl (C=O) groups is 5. The van der Waals surface area contributed by atoms with E-state index in [1.54, 1.807) is 18.2 Å². The van der Waals surface area contributed by atoms with E-state index in [0.29, 0.717) is 29.6 Å². The molecule has 1 aromatic heterocycles. The van der Waals surface area contributed by atoms with Gasteiger partial charge in [-0.05, 0) is 107 Å². The average Bonchev–Trinajstić information content (AvgIpc) is 3.57. The second kappa shape index (κ2) is 21.2. The maximum Gasteiger partial charge on any atom is 0.338 e. The third-order valence-corrected chi connectivity index (χ3v) is 8.99. The van der Waals surface area contributed by atoms with Gasteiger partial charge in [-0.2, -0.15) is 10.2 Å². The number of esters is 2. The van der Waals surface area contributed by atoms with E-state index in [4.69, 9.17) is 9.47 Å². The monoisotopic (exact) mass is 770 g/mol. The number of benzene rings is 3. The van der Waals surface area contributed by atoms with E-state index in [1.165, 1.54) is 49.4 Å². The van der Waals surface area contributed by atoms with Crippen molar-refractivity contribution in [1.29, 1.82) is 0 Å². The first-order valence-corrected chi connectivity index (χ1v) is 18.7. The maximum atomic E-state index is 13.3. The van der Waals surface area contributed by atoms with Crippen molar-refractivity contribution >= 4 is 57.6 Å². The molecule has 0 aliphatic rings. The van der Waals surface area contributed by atoms with Crippen LogP contribution in [-0.4, -0.2) is 108 Å². The minimum atomic E-state index is -1.46. The summed E-state index contributed by atoms with van der Waals surface area (Å²) in [6, 6.07) is 13.4. The fraction of sp³-hybridized carbons (Fsp3) is 0.400. The van der Waals surface area contributed by atoms with Crippen LogP contribution in [0, 0.1) is 0 Å². The molecule has 1 atom stereocenters. The van der Waals surface area contributed by atoms with E-state index >= 15 is 0 Å². The highest BCUT2D eigenvalue weighted by atomic mass is 16.5. The van der Waals surface area contributed by atoms with Crippen LogP contribution in [0.5, 0.6) is 0 Å². The summed E-state index contributed by atoms with van der Waals surface area (Å²) in [4.78, 5) is 85.9. The molecule has 0 fully saturated rings. The van der Waals surface area contributed by atoms with Crippen LogP contribution in [0.1, 0.15) is 78.5 Å². The standard InChI is InChI=1S/C40H50N8O8/c1-6-47(7-2)18-10-20-55-38(52)28-22-29(39(53)56-21-11-19-48(8-3)9-4)24-32(23-28)42-36(50)27-12-14-30(15-13-27)45-46-35(26(5)49)37(51)41-31-16-17-33-34(25-31)44-40(54)43-33/h12-17,22-25,35H,6-11,18-21H2,1-5H3,(H,41,51)(H,42,50)(H2,43,44,54). The summed E-state index contributed by atoms with van der Waals surface area (Å²) in [5.74, 6) is -3.09. The van der Waals surface area contributed by atoms with Gasteiger partial charge in [0.25, 0.3) is 11.8 Å². The molecule has 0 aliphatic heterocycles. The first kappa shape index (κ1) is 42.7. The largest absolute Gasteiger partial charge is 0.462 e. The molecule has 16 nitrogen and oxygen atoms in total. The van der Waals surface area contributed by atoms with Crippen molar-refractivity contribution in [2.45, 2.75) is 53.5 Å². The van der Waals surface area contributed by atoms with Crippen LogP contribution in [0.2, 0.25) is 0 Å². The minimum absolute atomic E-state index is 0.0838. The smallest absolute Gasteiger partial charge is 0.338 e. The summed E-state index contributed by atoms with van der Waals surface area (Å²) in [5.41, 5.74) is 1.82. The molecule has 0 aliphatic carbocycles. The number of rotatable bonds is 21. The summed E-state index contributed by atoms with van der Waals surface area (Å²) >= 11 is 0. The normalized spacial score (nSPS) is 11.9. The van der Waals surface area contributed by atoms with Gasteiger partial charge in [-0.25, -0.2) is 14.4 Å². The van der Waals surface area contributed by atoms with Crippen LogP contribution < -0.4 is 16.3 Å². The molecule has 0 saturated carbocycles. The maximum absolute atomic E-state index is 13.3. The molecule has 1 unspecified atom stereocenters. The second-order valence-electron chi connectivity index (χ2n) is 12.9. The number of fused-ring (bicyclic) bond motifs is 1. The Hall–Kier alpha value is -6.00. The minimum Gasteiger partial charge on any atom is -0.462 e. The molecule has 4 N–H and O–H groups in total. The molecule has 298 valence electrons. The highest BCUT2D eigenvalue weighted by Crippen LogP contribution is 2.21. The molecular formula is C40H50N8O8. The molecule has 0 radical (unpaired) electrons. The van der Waals surface area contributed by atoms with Crippen molar-refractivity contribution in [3.05, 3.63) is 87.8 Å². The fourth-order valence-corrected chi connectivity index (χ4v) is 5.73. The quantitative estimate of drug-likeness (QED) is 0.0359. The van der Waals surface area contributed by atoms with E-state index in [0.717, 1.165) is 39.3 Å². The van der Waals surface area contributed by atoms with Gasteiger partial charge in [0, 0.05) is 30.0 Å². The Morgan fingerprint density at radius 3 is 1.77 bits per heavy atom. The van der Waals surface area contributed by atoms with Crippen LogP contribution >= 0.6 is 0 Å². The van der Waals surface area contributed by atoms with Crippen molar-refractivity contribution in [3.8, 4) is 0 Å². The molecule has 56 heavy (non-hydrogen) atoms. The van der Waals surface area contributed by atoms with E-state index < -0.39 is 41.3 Å². The zero-order valence-electron chi connectivity index (χ0n) is 32.5. The number of azo groups is 1. The van der Waals surface area contributed by atoms with Crippen molar-refractivity contribution in [2.24, 2.45) is 10.2 Å². The number of ether oxygens (including phenoxy) is 2. The van der Waals surface area contributed by atoms with Gasteiger partial charge in [0.15, 0.2) is 5.78 Å². The highest BCUT2D eigenvalue weighted by molar-refractivity contribution is 6.10. The Bertz CT molecular complexity index is 2020. The fourth-order valence-electron chi connectivity index (χ4n) is 5.73. The molecule has 3 aromatic carbocycles. The summed E-state index contributed by atoms with van der Waals surface area (Å²) in [6.45, 7) is 14.9. The molecule has 4 rings (SSSR count). The predicted octanol–water partition coefficient (Wildman–Crippen LogP) is 5.57. The number of H-pyrrole nitrogens is 2. The number of nitrogens with one attached hydrogen (secondary N) is 4. The van der Waals surface area contributed by atoms with Gasteiger partial charge >= 0.3 is 17.6 Å². The molecule has 4 aromatic rings. The zero-order chi connectivity index (χ0) is 40.6. The number of Topliss-reactive ketones (excluding diaryl/α,β-unsaturated/α-hetero) is 1. The number of nitrogens with zero attached hydrogens (tertiary/aromatic N) is 4. The molecule has 16 heteroatoms. The van der Waals surface area contributed by atoms with Gasteiger partial charge in [0.05, 0.1) is 41.1 Å². The predicted molar refractivity (Wildman–Crippen MR) is 213 cm³/mol. The lowest BCUT2D eigenvalue weighted by molar-refractivity contribution is -0.126. The molecule has 1 heterocycles. The number of aromatic amines is 2. The summed E-state index contributed by atoms with van der Waals surface area (Å²) in [7, 11) is 0. The van der Waals surface area contributed by atoms with E-state index in [1.807, 2.05) is 0 Å². The Labute approximate surface area is 325 Å². The van der Waals surface area contributed by atoms with E-state index in [9.17, 15) is 28.8 Å². The van der Waals surface area contributed by atoms with Crippen LogP contribution in [0.25, 0.3) is 11.0 Å². The number of hydrogen-bond donors (Lipinski definition) is 4. The Balaban J connectivity index is 1.44. The SMILES string of the molecule is CCN(CC)CCCOC(=O)c1cc(NC(=O)c2ccc(N=NC(C(C)=O)C(=O)Nc3ccc4[nH]c(=O)[nH]c4c3)cc2)cc(C(=O)OCCCN(CC)CC)c1. The topological polar surface area (TPSA) is 208 Å². The van der Waals surface area contributed by atoms with Crippen molar-refractivity contribution in [3.63, 3.8) is 0 Å². The van der Waals surface area contributed by atoms with Gasteiger partial charge in [0.2, 0.25) is 6.04 Å². The van der Waals surface area contributed by atoms with Gasteiger partial charge in [-0.3, -0.25) is 14.4 Å². The number of imidazole rings is 1. The van der Waals surface area contributed by atoms with Gasteiger partial charge in [0.1, 0.15) is 0 Å². The lowest BCUT2D eigenvalue weighted by Gasteiger charge is -2.18. The number of anilines is 2. The van der Waals surface area contributed by atoms with E-state index in [2.05, 4.69) is 68.3 Å². The molecule has 0 bridgehead atoms. The van der Waals surface area contributed by atoms with Gasteiger partial charge < -0.3 is 39.9 Å². The average molecular weight is 771 g/mol.